The normalized spacial score (nSPS) is 17.2. The van der Waals surface area contributed by atoms with Crippen molar-refractivity contribution in [3.05, 3.63) is 77.2 Å². The topological polar surface area (TPSA) is 62.3 Å². The Balaban J connectivity index is 1.68. The van der Waals surface area contributed by atoms with Crippen LogP contribution in [0.3, 0.4) is 0 Å². The molecule has 2 aromatic carbocycles. The van der Waals surface area contributed by atoms with Gasteiger partial charge in [0.25, 0.3) is 5.91 Å². The molecule has 150 valence electrons. The molecule has 0 unspecified atom stereocenters. The first-order valence-electron chi connectivity index (χ1n) is 10.00. The van der Waals surface area contributed by atoms with Gasteiger partial charge in [-0.15, -0.1) is 0 Å². The number of piperidine rings is 1. The largest absolute Gasteiger partial charge is 0.317 e. The third-order valence-corrected chi connectivity index (χ3v) is 6.07. The molecule has 30 heavy (non-hydrogen) atoms. The summed E-state index contributed by atoms with van der Waals surface area (Å²) >= 11 is 0. The fourth-order valence-electron chi connectivity index (χ4n) is 4.51. The molecule has 1 fully saturated rings. The lowest BCUT2D eigenvalue weighted by molar-refractivity contribution is 0.0951. The smallest absolute Gasteiger partial charge is 0.262 e. The van der Waals surface area contributed by atoms with Gasteiger partial charge in [-0.2, -0.15) is 0 Å². The number of amides is 1. The van der Waals surface area contributed by atoms with Crippen LogP contribution in [0.1, 0.15) is 39.1 Å². The number of carbonyl (C=O) groups excluding carboxylic acids is 2. The minimum atomic E-state index is -0.560. The SMILES string of the molecule is O=Cc1ccc2c(c1)C=CC1(CCNCC1)N2C(=O)c1ccc2ncccc2c1F. The van der Waals surface area contributed by atoms with Crippen molar-refractivity contribution < 1.29 is 14.0 Å². The van der Waals surface area contributed by atoms with Crippen molar-refractivity contribution in [2.75, 3.05) is 18.0 Å². The van der Waals surface area contributed by atoms with Crippen LogP contribution < -0.4 is 10.2 Å². The number of nitrogens with one attached hydrogen (secondary N) is 1. The van der Waals surface area contributed by atoms with Crippen molar-refractivity contribution >= 4 is 34.9 Å². The number of rotatable bonds is 2. The Morgan fingerprint density at radius 3 is 2.80 bits per heavy atom. The highest BCUT2D eigenvalue weighted by atomic mass is 19.1. The summed E-state index contributed by atoms with van der Waals surface area (Å²) in [6, 6.07) is 11.7. The lowest BCUT2D eigenvalue weighted by Crippen LogP contribution is -2.57. The molecule has 2 aliphatic rings. The van der Waals surface area contributed by atoms with Crippen LogP contribution in [0.2, 0.25) is 0 Å². The highest BCUT2D eigenvalue weighted by molar-refractivity contribution is 6.11. The summed E-state index contributed by atoms with van der Waals surface area (Å²) in [6.07, 6.45) is 7.83. The maximum absolute atomic E-state index is 15.4. The summed E-state index contributed by atoms with van der Waals surface area (Å²) in [4.78, 5) is 30.9. The number of halogens is 1. The summed E-state index contributed by atoms with van der Waals surface area (Å²) in [6.45, 7) is 1.53. The zero-order valence-corrected chi connectivity index (χ0v) is 16.3. The summed E-state index contributed by atoms with van der Waals surface area (Å²) in [5, 5.41) is 3.66. The quantitative estimate of drug-likeness (QED) is 0.660. The second-order valence-electron chi connectivity index (χ2n) is 7.76. The van der Waals surface area contributed by atoms with Gasteiger partial charge in [0.2, 0.25) is 0 Å². The Kier molecular flexibility index (Phi) is 4.44. The van der Waals surface area contributed by atoms with Crippen molar-refractivity contribution in [1.82, 2.24) is 10.3 Å². The minimum absolute atomic E-state index is 0.0223. The summed E-state index contributed by atoms with van der Waals surface area (Å²) in [5.74, 6) is -0.945. The molecule has 6 heteroatoms. The van der Waals surface area contributed by atoms with Gasteiger partial charge in [-0.1, -0.05) is 12.2 Å². The van der Waals surface area contributed by atoms with Gasteiger partial charge in [0.15, 0.2) is 0 Å². The lowest BCUT2D eigenvalue weighted by Gasteiger charge is -2.47. The predicted octanol–water partition coefficient (Wildman–Crippen LogP) is 3.98. The van der Waals surface area contributed by atoms with Crippen LogP contribution in [-0.2, 0) is 0 Å². The number of anilines is 1. The van der Waals surface area contributed by atoms with E-state index < -0.39 is 11.4 Å². The third kappa shape index (κ3) is 2.83. The molecule has 1 spiro atoms. The highest BCUT2D eigenvalue weighted by Crippen LogP contribution is 2.41. The van der Waals surface area contributed by atoms with Crippen molar-refractivity contribution in [3.8, 4) is 0 Å². The first-order valence-corrected chi connectivity index (χ1v) is 10.00. The van der Waals surface area contributed by atoms with Crippen LogP contribution >= 0.6 is 0 Å². The van der Waals surface area contributed by atoms with E-state index in [1.54, 1.807) is 47.5 Å². The fraction of sp³-hybridized carbons (Fsp3) is 0.208. The van der Waals surface area contributed by atoms with E-state index in [-0.39, 0.29) is 11.5 Å². The third-order valence-electron chi connectivity index (χ3n) is 6.07. The van der Waals surface area contributed by atoms with Crippen LogP contribution in [0.15, 0.2) is 54.7 Å². The first-order chi connectivity index (χ1) is 14.6. The van der Waals surface area contributed by atoms with Gasteiger partial charge >= 0.3 is 0 Å². The van der Waals surface area contributed by atoms with Crippen LogP contribution in [0, 0.1) is 5.82 Å². The number of benzene rings is 2. The molecule has 3 aromatic rings. The number of hydrogen-bond acceptors (Lipinski definition) is 4. The van der Waals surface area contributed by atoms with Crippen LogP contribution in [0.4, 0.5) is 10.1 Å². The molecule has 3 heterocycles. The molecule has 1 amide bonds. The zero-order valence-electron chi connectivity index (χ0n) is 16.3. The van der Waals surface area contributed by atoms with E-state index in [0.717, 1.165) is 37.8 Å². The van der Waals surface area contributed by atoms with Gasteiger partial charge in [-0.25, -0.2) is 4.39 Å². The average molecular weight is 401 g/mol. The monoisotopic (exact) mass is 401 g/mol. The van der Waals surface area contributed by atoms with Gasteiger partial charge in [0.05, 0.1) is 22.3 Å². The van der Waals surface area contributed by atoms with E-state index in [1.807, 2.05) is 12.2 Å². The Morgan fingerprint density at radius 1 is 1.17 bits per heavy atom. The molecule has 1 saturated heterocycles. The van der Waals surface area contributed by atoms with Gasteiger partial charge in [0.1, 0.15) is 12.1 Å². The molecule has 5 rings (SSSR count). The van der Waals surface area contributed by atoms with E-state index in [9.17, 15) is 9.59 Å². The number of pyridine rings is 1. The van der Waals surface area contributed by atoms with Crippen molar-refractivity contribution in [1.29, 1.82) is 0 Å². The molecule has 0 bridgehead atoms. The Hall–Kier alpha value is -3.38. The molecule has 1 N–H and O–H groups in total. The summed E-state index contributed by atoms with van der Waals surface area (Å²) in [7, 11) is 0. The van der Waals surface area contributed by atoms with Crippen LogP contribution in [0.5, 0.6) is 0 Å². The fourth-order valence-corrected chi connectivity index (χ4v) is 4.51. The standard InChI is InChI=1S/C24H20FN3O2/c25-22-18-2-1-11-27-20(18)5-4-19(22)23(30)28-21-6-3-16(15-29)14-17(21)7-8-24(28)9-12-26-13-10-24/h1-8,11,14-15,26H,9-10,12-13H2. The molecule has 0 aliphatic carbocycles. The molecular formula is C24H20FN3O2. The Morgan fingerprint density at radius 2 is 2.00 bits per heavy atom. The summed E-state index contributed by atoms with van der Waals surface area (Å²) < 4.78 is 15.4. The molecule has 5 nitrogen and oxygen atoms in total. The van der Waals surface area contributed by atoms with Crippen molar-refractivity contribution in [2.24, 2.45) is 0 Å². The second kappa shape index (κ2) is 7.15. The van der Waals surface area contributed by atoms with E-state index in [4.69, 9.17) is 0 Å². The Labute approximate surface area is 173 Å². The number of hydrogen-bond donors (Lipinski definition) is 1. The van der Waals surface area contributed by atoms with E-state index in [1.165, 1.54) is 6.07 Å². The molecule has 0 atom stereocenters. The molecular weight excluding hydrogens is 381 g/mol. The lowest BCUT2D eigenvalue weighted by atomic mass is 9.81. The maximum Gasteiger partial charge on any atom is 0.262 e. The molecule has 2 aliphatic heterocycles. The van der Waals surface area contributed by atoms with Crippen molar-refractivity contribution in [2.45, 2.75) is 18.4 Å². The zero-order chi connectivity index (χ0) is 20.7. The van der Waals surface area contributed by atoms with E-state index in [0.29, 0.717) is 22.2 Å². The van der Waals surface area contributed by atoms with Gasteiger partial charge in [-0.05, 0) is 74.0 Å². The van der Waals surface area contributed by atoms with Gasteiger partial charge in [0, 0.05) is 17.1 Å². The number of carbonyl (C=O) groups is 2. The Bertz CT molecular complexity index is 1200. The second-order valence-corrected chi connectivity index (χ2v) is 7.76. The first kappa shape index (κ1) is 18.6. The number of aromatic nitrogens is 1. The highest BCUT2D eigenvalue weighted by Gasteiger charge is 2.43. The summed E-state index contributed by atoms with van der Waals surface area (Å²) in [5.41, 5.74) is 2.01. The van der Waals surface area contributed by atoms with Crippen molar-refractivity contribution in [3.63, 3.8) is 0 Å². The van der Waals surface area contributed by atoms with Gasteiger partial charge in [-0.3, -0.25) is 19.5 Å². The molecule has 1 aromatic heterocycles. The van der Waals surface area contributed by atoms with E-state index >= 15 is 4.39 Å². The number of aldehydes is 1. The van der Waals surface area contributed by atoms with Gasteiger partial charge < -0.3 is 5.32 Å². The molecule has 0 saturated carbocycles. The van der Waals surface area contributed by atoms with Crippen LogP contribution in [-0.4, -0.2) is 35.8 Å². The average Bonchev–Trinajstić information content (AvgIpc) is 2.79. The predicted molar refractivity (Wildman–Crippen MR) is 114 cm³/mol. The van der Waals surface area contributed by atoms with Crippen LogP contribution in [0.25, 0.3) is 17.0 Å². The number of nitrogens with zero attached hydrogens (tertiary/aromatic N) is 2. The maximum atomic E-state index is 15.4. The van der Waals surface area contributed by atoms with E-state index in [2.05, 4.69) is 10.3 Å². The minimum Gasteiger partial charge on any atom is -0.317 e. The molecule has 0 radical (unpaired) electrons. The number of fused-ring (bicyclic) bond motifs is 2.